The minimum atomic E-state index is -4.16. The molecule has 0 unspecified atom stereocenters. The molecule has 10 heteroatoms. The lowest BCUT2D eigenvalue weighted by Gasteiger charge is -2.30. The van der Waals surface area contributed by atoms with Crippen LogP contribution in [0.4, 0.5) is 4.79 Å². The maximum absolute atomic E-state index is 13.8. The molecule has 1 amide bonds. The summed E-state index contributed by atoms with van der Waals surface area (Å²) in [6.07, 6.45) is 1.87. The summed E-state index contributed by atoms with van der Waals surface area (Å²) in [5.41, 5.74) is 0.102. The van der Waals surface area contributed by atoms with Gasteiger partial charge in [-0.1, -0.05) is 42.5 Å². The largest absolute Gasteiger partial charge is 0.497 e. The molecular weight excluding hydrogens is 520 g/mol. The Morgan fingerprint density at radius 2 is 1.82 bits per heavy atom. The fraction of sp³-hybridized carbons (Fsp3) is 0.414. The van der Waals surface area contributed by atoms with Crippen LogP contribution in [0.2, 0.25) is 0 Å². The molecule has 2 aromatic rings. The number of sulfonamides is 1. The normalized spacial score (nSPS) is 13.3. The van der Waals surface area contributed by atoms with E-state index in [1.165, 1.54) is 31.4 Å². The number of hydrogen-bond acceptors (Lipinski definition) is 7. The molecule has 2 rings (SSSR count). The van der Waals surface area contributed by atoms with Gasteiger partial charge in [0.25, 0.3) is 0 Å². The molecule has 2 atom stereocenters. The standard InChI is InChI=1S/C29H40N2O7S/c1-7-9-18-37-26-20-23(36-6)15-16-27(26)39(34,35)31(17-8-2)21-25(32)24(19-22-13-11-10-12-14-22)30-28(33)38-29(3,4)5/h7-8,10-16,20,24-25,32H,1-2,9,17-19,21H2,3-6H3,(H,30,33)/t24-,25+/m0/s1. The molecule has 0 aromatic heterocycles. The first-order valence-corrected chi connectivity index (χ1v) is 14.1. The number of methoxy groups -OCH3 is 1. The fourth-order valence-electron chi connectivity index (χ4n) is 3.69. The van der Waals surface area contributed by atoms with E-state index in [4.69, 9.17) is 14.2 Å². The Morgan fingerprint density at radius 1 is 1.13 bits per heavy atom. The molecule has 0 fully saturated rings. The average molecular weight is 561 g/mol. The van der Waals surface area contributed by atoms with Crippen LogP contribution in [0, 0.1) is 0 Å². The van der Waals surface area contributed by atoms with Gasteiger partial charge >= 0.3 is 6.09 Å². The average Bonchev–Trinajstić information content (AvgIpc) is 2.87. The first-order valence-electron chi connectivity index (χ1n) is 12.7. The number of nitrogens with one attached hydrogen (secondary N) is 1. The van der Waals surface area contributed by atoms with Crippen molar-refractivity contribution >= 4 is 16.1 Å². The summed E-state index contributed by atoms with van der Waals surface area (Å²) in [4.78, 5) is 12.5. The summed E-state index contributed by atoms with van der Waals surface area (Å²) in [6.45, 7) is 12.4. The monoisotopic (exact) mass is 560 g/mol. The van der Waals surface area contributed by atoms with Gasteiger partial charge in [-0.15, -0.1) is 13.2 Å². The summed E-state index contributed by atoms with van der Waals surface area (Å²) in [5, 5.41) is 14.0. The molecule has 2 N–H and O–H groups in total. The Kier molecular flexibility index (Phi) is 12.0. The van der Waals surface area contributed by atoms with E-state index in [-0.39, 0.29) is 36.8 Å². The van der Waals surface area contributed by atoms with Gasteiger partial charge in [-0.25, -0.2) is 13.2 Å². The molecule has 9 nitrogen and oxygen atoms in total. The second kappa shape index (κ2) is 14.7. The van der Waals surface area contributed by atoms with Crippen molar-refractivity contribution in [1.29, 1.82) is 0 Å². The number of ether oxygens (including phenoxy) is 3. The number of alkyl carbamates (subject to hydrolysis) is 1. The van der Waals surface area contributed by atoms with Crippen molar-refractivity contribution in [2.75, 3.05) is 26.8 Å². The zero-order valence-electron chi connectivity index (χ0n) is 23.1. The van der Waals surface area contributed by atoms with Crippen molar-refractivity contribution in [3.05, 3.63) is 79.4 Å². The Morgan fingerprint density at radius 3 is 2.41 bits per heavy atom. The quantitative estimate of drug-likeness (QED) is 0.246. The zero-order valence-corrected chi connectivity index (χ0v) is 23.9. The predicted octanol–water partition coefficient (Wildman–Crippen LogP) is 4.32. The van der Waals surface area contributed by atoms with Gasteiger partial charge in [0, 0.05) is 19.2 Å². The molecule has 0 aliphatic carbocycles. The van der Waals surface area contributed by atoms with E-state index in [9.17, 15) is 18.3 Å². The summed E-state index contributed by atoms with van der Waals surface area (Å²) in [7, 11) is -2.69. The topological polar surface area (TPSA) is 114 Å². The molecule has 0 radical (unpaired) electrons. The van der Waals surface area contributed by atoms with Crippen LogP contribution in [0.15, 0.2) is 78.7 Å². The molecule has 0 saturated carbocycles. The van der Waals surface area contributed by atoms with Gasteiger partial charge in [0.15, 0.2) is 0 Å². The Bertz CT molecular complexity index is 1190. The summed E-state index contributed by atoms with van der Waals surface area (Å²) in [5.74, 6) is 0.551. The third kappa shape index (κ3) is 10.0. The van der Waals surface area contributed by atoms with Crippen LogP contribution in [-0.2, 0) is 21.2 Å². The summed E-state index contributed by atoms with van der Waals surface area (Å²) < 4.78 is 45.1. The molecule has 2 aromatic carbocycles. The summed E-state index contributed by atoms with van der Waals surface area (Å²) in [6, 6.07) is 12.9. The lowest BCUT2D eigenvalue weighted by Crippen LogP contribution is -2.51. The number of aliphatic hydroxyl groups excluding tert-OH is 1. The Hall–Kier alpha value is -3.34. The molecular formula is C29H40N2O7S. The number of carbonyl (C=O) groups excluding carboxylic acids is 1. The van der Waals surface area contributed by atoms with Crippen LogP contribution >= 0.6 is 0 Å². The minimum Gasteiger partial charge on any atom is -0.497 e. The highest BCUT2D eigenvalue weighted by atomic mass is 32.2. The lowest BCUT2D eigenvalue weighted by molar-refractivity contribution is 0.0405. The number of nitrogens with zero attached hydrogens (tertiary/aromatic N) is 1. The lowest BCUT2D eigenvalue weighted by atomic mass is 10.0. The van der Waals surface area contributed by atoms with E-state index in [0.29, 0.717) is 12.2 Å². The van der Waals surface area contributed by atoms with Crippen LogP contribution in [0.5, 0.6) is 11.5 Å². The highest BCUT2D eigenvalue weighted by Crippen LogP contribution is 2.31. The number of aliphatic hydroxyl groups is 1. The van der Waals surface area contributed by atoms with E-state index < -0.39 is 33.9 Å². The van der Waals surface area contributed by atoms with Crippen molar-refractivity contribution < 1.29 is 32.5 Å². The van der Waals surface area contributed by atoms with Crippen LogP contribution in [-0.4, -0.2) is 68.5 Å². The van der Waals surface area contributed by atoms with Crippen molar-refractivity contribution in [2.45, 2.75) is 56.3 Å². The predicted molar refractivity (Wildman–Crippen MR) is 152 cm³/mol. The second-order valence-corrected chi connectivity index (χ2v) is 11.8. The first kappa shape index (κ1) is 31.9. The second-order valence-electron chi connectivity index (χ2n) is 9.86. The van der Waals surface area contributed by atoms with Crippen molar-refractivity contribution in [3.63, 3.8) is 0 Å². The van der Waals surface area contributed by atoms with Gasteiger partial charge in [0.05, 0.1) is 25.9 Å². The fourth-order valence-corrected chi connectivity index (χ4v) is 5.23. The van der Waals surface area contributed by atoms with Crippen molar-refractivity contribution in [1.82, 2.24) is 9.62 Å². The van der Waals surface area contributed by atoms with Gasteiger partial charge in [-0.3, -0.25) is 0 Å². The van der Waals surface area contributed by atoms with Crippen LogP contribution in [0.3, 0.4) is 0 Å². The molecule has 0 aliphatic heterocycles. The van der Waals surface area contributed by atoms with Crippen molar-refractivity contribution in [2.24, 2.45) is 0 Å². The molecule has 0 bridgehead atoms. The van der Waals surface area contributed by atoms with Gasteiger partial charge in [0.2, 0.25) is 10.0 Å². The smallest absolute Gasteiger partial charge is 0.407 e. The Labute approximate surface area is 232 Å². The van der Waals surface area contributed by atoms with Gasteiger partial charge in [-0.05, 0) is 51.3 Å². The molecule has 39 heavy (non-hydrogen) atoms. The van der Waals surface area contributed by atoms with E-state index >= 15 is 0 Å². The molecule has 214 valence electrons. The zero-order chi connectivity index (χ0) is 29.1. The number of benzene rings is 2. The van der Waals surface area contributed by atoms with E-state index in [2.05, 4.69) is 18.5 Å². The third-order valence-electron chi connectivity index (χ3n) is 5.54. The van der Waals surface area contributed by atoms with E-state index in [1.807, 2.05) is 30.3 Å². The van der Waals surface area contributed by atoms with Crippen LogP contribution in [0.25, 0.3) is 0 Å². The Balaban J connectivity index is 2.38. The van der Waals surface area contributed by atoms with E-state index in [1.54, 1.807) is 26.8 Å². The maximum atomic E-state index is 13.8. The third-order valence-corrected chi connectivity index (χ3v) is 7.41. The van der Waals surface area contributed by atoms with Gasteiger partial charge in [-0.2, -0.15) is 4.31 Å². The maximum Gasteiger partial charge on any atom is 0.407 e. The molecule has 0 spiro atoms. The van der Waals surface area contributed by atoms with Crippen LogP contribution in [0.1, 0.15) is 32.8 Å². The summed E-state index contributed by atoms with van der Waals surface area (Å²) >= 11 is 0. The number of carbonyl (C=O) groups is 1. The van der Waals surface area contributed by atoms with Crippen molar-refractivity contribution in [3.8, 4) is 11.5 Å². The molecule has 0 aliphatic rings. The minimum absolute atomic E-state index is 0.0813. The first-order chi connectivity index (χ1) is 18.4. The van der Waals surface area contributed by atoms with E-state index in [0.717, 1.165) is 9.87 Å². The highest BCUT2D eigenvalue weighted by Gasteiger charge is 2.33. The number of amides is 1. The van der Waals surface area contributed by atoms with Gasteiger partial charge < -0.3 is 24.6 Å². The molecule has 0 saturated heterocycles. The number of rotatable bonds is 15. The SMILES string of the molecule is C=CCCOc1cc(OC)ccc1S(=O)(=O)N(CC=C)C[C@@H](O)[C@H](Cc1ccccc1)NC(=O)OC(C)(C)C. The highest BCUT2D eigenvalue weighted by molar-refractivity contribution is 7.89. The van der Waals surface area contributed by atoms with Gasteiger partial charge in [0.1, 0.15) is 22.0 Å². The molecule has 0 heterocycles. The number of hydrogen-bond donors (Lipinski definition) is 2. The van der Waals surface area contributed by atoms with Crippen LogP contribution < -0.4 is 14.8 Å².